The lowest BCUT2D eigenvalue weighted by atomic mass is 9.69. The number of ether oxygens (including phenoxy) is 2. The first kappa shape index (κ1) is 61.8. The molecule has 4 aromatic rings. The van der Waals surface area contributed by atoms with E-state index in [2.05, 4.69) is 41.9 Å². The summed E-state index contributed by atoms with van der Waals surface area (Å²) in [6.45, 7) is 18.0. The maximum absolute atomic E-state index is 14.3. The molecule has 0 saturated carbocycles. The Hall–Kier alpha value is -4.71. The van der Waals surface area contributed by atoms with Gasteiger partial charge in [-0.15, -0.1) is 11.8 Å². The molecule has 15 nitrogen and oxygen atoms in total. The average Bonchev–Trinajstić information content (AvgIpc) is 3.22. The molecule has 9 rings (SSSR count). The molecule has 0 bridgehead atoms. The number of piperidine rings is 1. The zero-order chi connectivity index (χ0) is 58.3. The molecule has 4 aliphatic heterocycles. The van der Waals surface area contributed by atoms with Gasteiger partial charge in [0.2, 0.25) is 0 Å². The number of nitrogens with zero attached hydrogens (tertiary/aromatic N) is 5. The largest absolute Gasteiger partial charge is 0.501 e. The second kappa shape index (κ2) is 26.7. The van der Waals surface area contributed by atoms with E-state index in [9.17, 15) is 39.6 Å². The Morgan fingerprint density at radius 3 is 2.17 bits per heavy atom. The SMILES string of the molecule is CC(C)(C)OC(=O)CN1CCC(CN2CCC3(CCC(c4ccc(Cl)cc4)=C(CN4CCN(c5ccc(C(=O)NS(=O)(=O)c6ccc(N[C@H](CCN7CCOCC7)CSc7ccccc7)c(S(=O)(=O)C(F)(F)F)c6)cc5)CC4)C3)C2)CC1. The molecule has 2 N–H and O–H groups in total. The Balaban J connectivity index is 0.811. The number of hydrogen-bond acceptors (Lipinski definition) is 15. The van der Waals surface area contributed by atoms with Crippen LogP contribution in [-0.2, 0) is 34.1 Å². The number of alkyl halides is 3. The number of morpholine rings is 1. The van der Waals surface area contributed by atoms with Crippen LogP contribution < -0.4 is 14.9 Å². The fourth-order valence-electron chi connectivity index (χ4n) is 12.1. The van der Waals surface area contributed by atoms with Crippen molar-refractivity contribution < 1.29 is 49.1 Å². The molecule has 1 unspecified atom stereocenters. The van der Waals surface area contributed by atoms with Crippen molar-refractivity contribution in [3.05, 3.63) is 119 Å². The molecule has 82 heavy (non-hydrogen) atoms. The maximum atomic E-state index is 14.3. The van der Waals surface area contributed by atoms with Gasteiger partial charge >= 0.3 is 11.5 Å². The number of carbonyl (C=O) groups is 2. The zero-order valence-electron chi connectivity index (χ0n) is 47.1. The van der Waals surface area contributed by atoms with Crippen LogP contribution in [-0.4, -0.2) is 176 Å². The van der Waals surface area contributed by atoms with Gasteiger partial charge in [0.1, 0.15) is 10.5 Å². The summed E-state index contributed by atoms with van der Waals surface area (Å²) in [5, 5.41) is 3.72. The van der Waals surface area contributed by atoms with E-state index in [1.807, 2.05) is 68.0 Å². The van der Waals surface area contributed by atoms with Gasteiger partial charge in [0.15, 0.2) is 0 Å². The van der Waals surface area contributed by atoms with E-state index in [1.54, 1.807) is 12.1 Å². The van der Waals surface area contributed by atoms with Crippen molar-refractivity contribution >= 4 is 72.0 Å². The van der Waals surface area contributed by atoms with E-state index in [0.29, 0.717) is 81.7 Å². The smallest absolute Gasteiger partial charge is 0.459 e. The van der Waals surface area contributed by atoms with Crippen molar-refractivity contribution in [3.63, 3.8) is 0 Å². The summed E-state index contributed by atoms with van der Waals surface area (Å²) in [4.78, 5) is 36.7. The Kier molecular flexibility index (Phi) is 20.1. The number of allylic oxidation sites excluding steroid dienone is 1. The molecule has 5 aliphatic rings. The summed E-state index contributed by atoms with van der Waals surface area (Å²) in [5.41, 5.74) is -1.49. The molecule has 2 atom stereocenters. The topological polar surface area (TPSA) is 161 Å². The number of carbonyl (C=O) groups excluding carboxylic acids is 2. The van der Waals surface area contributed by atoms with Crippen LogP contribution in [0, 0.1) is 11.3 Å². The number of nitrogens with one attached hydrogen (secondary N) is 2. The molecular formula is C60H77ClF3N7O8S3. The highest BCUT2D eigenvalue weighted by Crippen LogP contribution is 2.49. The van der Waals surface area contributed by atoms with Crippen molar-refractivity contribution in [1.29, 1.82) is 0 Å². The lowest BCUT2D eigenvalue weighted by Gasteiger charge is -2.41. The molecular weight excluding hydrogens is 1140 g/mol. The highest BCUT2D eigenvalue weighted by atomic mass is 35.5. The summed E-state index contributed by atoms with van der Waals surface area (Å²) in [5.74, 6) is -0.224. The molecule has 1 aliphatic carbocycles. The number of benzene rings is 4. The number of rotatable bonds is 20. The van der Waals surface area contributed by atoms with Gasteiger partial charge in [0.25, 0.3) is 25.8 Å². The van der Waals surface area contributed by atoms with E-state index in [1.165, 1.54) is 47.0 Å². The summed E-state index contributed by atoms with van der Waals surface area (Å²) in [6, 6.07) is 26.0. The van der Waals surface area contributed by atoms with Gasteiger partial charge in [-0.05, 0) is 175 Å². The lowest BCUT2D eigenvalue weighted by Crippen LogP contribution is -2.47. The number of piperazine rings is 1. The van der Waals surface area contributed by atoms with Crippen molar-refractivity contribution in [3.8, 4) is 0 Å². The van der Waals surface area contributed by atoms with Crippen LogP contribution in [0.1, 0.15) is 81.6 Å². The Morgan fingerprint density at radius 1 is 0.805 bits per heavy atom. The number of amides is 1. The maximum Gasteiger partial charge on any atom is 0.501 e. The quantitative estimate of drug-likeness (QED) is 0.0636. The van der Waals surface area contributed by atoms with Gasteiger partial charge in [0.05, 0.1) is 30.3 Å². The third kappa shape index (κ3) is 16.4. The van der Waals surface area contributed by atoms with Crippen LogP contribution in [0.5, 0.6) is 0 Å². The number of esters is 1. The van der Waals surface area contributed by atoms with E-state index in [-0.39, 0.29) is 16.9 Å². The molecule has 0 radical (unpaired) electrons. The Labute approximate surface area is 491 Å². The number of sulfonamides is 1. The van der Waals surface area contributed by atoms with E-state index < -0.39 is 58.4 Å². The van der Waals surface area contributed by atoms with Crippen LogP contribution in [0.4, 0.5) is 24.5 Å². The first-order chi connectivity index (χ1) is 39.0. The van der Waals surface area contributed by atoms with Crippen LogP contribution in [0.2, 0.25) is 5.02 Å². The van der Waals surface area contributed by atoms with E-state index in [0.717, 1.165) is 107 Å². The summed E-state index contributed by atoms with van der Waals surface area (Å²) < 4.78 is 110. The van der Waals surface area contributed by atoms with Gasteiger partial charge < -0.3 is 24.6 Å². The van der Waals surface area contributed by atoms with Gasteiger partial charge in [-0.2, -0.15) is 13.2 Å². The Bertz CT molecular complexity index is 3090. The summed E-state index contributed by atoms with van der Waals surface area (Å²) in [6.07, 6.45) is 6.94. The molecule has 1 spiro atoms. The molecule has 4 aromatic carbocycles. The van der Waals surface area contributed by atoms with Gasteiger partial charge in [-0.3, -0.25) is 24.3 Å². The second-order valence-corrected chi connectivity index (χ2v) is 28.7. The van der Waals surface area contributed by atoms with Gasteiger partial charge in [-0.1, -0.05) is 47.5 Å². The lowest BCUT2D eigenvalue weighted by molar-refractivity contribution is -0.156. The normalized spacial score (nSPS) is 21.0. The van der Waals surface area contributed by atoms with Crippen molar-refractivity contribution in [1.82, 2.24) is 24.3 Å². The summed E-state index contributed by atoms with van der Waals surface area (Å²) in [7, 11) is -11.0. The molecule has 4 heterocycles. The van der Waals surface area contributed by atoms with Crippen LogP contribution in [0.15, 0.2) is 117 Å². The highest BCUT2D eigenvalue weighted by molar-refractivity contribution is 7.99. The van der Waals surface area contributed by atoms with Crippen LogP contribution >= 0.6 is 23.4 Å². The first-order valence-electron chi connectivity index (χ1n) is 28.5. The monoisotopic (exact) mass is 1210 g/mol. The second-order valence-electron chi connectivity index (χ2n) is 23.6. The minimum Gasteiger partial charge on any atom is -0.459 e. The Morgan fingerprint density at radius 2 is 1.50 bits per heavy atom. The first-order valence-corrected chi connectivity index (χ1v) is 32.8. The minimum absolute atomic E-state index is 0.00883. The highest BCUT2D eigenvalue weighted by Gasteiger charge is 2.49. The third-order valence-electron chi connectivity index (χ3n) is 16.4. The molecule has 1 amide bonds. The molecule has 4 saturated heterocycles. The van der Waals surface area contributed by atoms with Crippen LogP contribution in [0.25, 0.3) is 5.57 Å². The molecule has 446 valence electrons. The van der Waals surface area contributed by atoms with Crippen LogP contribution in [0.3, 0.4) is 0 Å². The molecule has 4 fully saturated rings. The number of likely N-dealkylation sites (tertiary alicyclic amines) is 2. The number of thioether (sulfide) groups is 1. The van der Waals surface area contributed by atoms with E-state index in [4.69, 9.17) is 21.1 Å². The number of anilines is 2. The number of sulfone groups is 1. The predicted molar refractivity (Wildman–Crippen MR) is 317 cm³/mol. The van der Waals surface area contributed by atoms with Crippen molar-refractivity contribution in [2.75, 3.05) is 121 Å². The fourth-order valence-corrected chi connectivity index (χ4v) is 15.2. The minimum atomic E-state index is -6.08. The summed E-state index contributed by atoms with van der Waals surface area (Å²) >= 11 is 7.81. The average molecular weight is 1210 g/mol. The molecule has 22 heteroatoms. The zero-order valence-corrected chi connectivity index (χ0v) is 50.3. The number of halogens is 4. The van der Waals surface area contributed by atoms with Crippen molar-refractivity contribution in [2.24, 2.45) is 11.3 Å². The van der Waals surface area contributed by atoms with Crippen molar-refractivity contribution in [2.45, 2.75) is 97.6 Å². The third-order valence-corrected chi connectivity index (χ3v) is 20.7. The van der Waals surface area contributed by atoms with Gasteiger partial charge in [-0.25, -0.2) is 21.6 Å². The standard InChI is InChI=1S/C60H77ClF3N7O8S3/c1-58(2,3)79-56(72)41-68-25-20-44(21-26-68)39-70-28-24-59(43-70)23-19-53(45-9-13-48(61)14-10-45)47(38-59)40-69-29-31-71(32-30-69)50-15-11-46(12-16-50)57(73)66-82(76,77)52-17-18-54(55(37-52)81(74,75)60(62,63)64)65-49(22-27-67-33-35-78-36-34-67)42-80-51-7-5-4-6-8-51/h4-18,37,44,49,65H,19-36,38-43H2,1-3H3,(H,66,73)/t49-,59?/m1/s1. The predicted octanol–water partition coefficient (Wildman–Crippen LogP) is 9.55. The fraction of sp³-hybridized carbons (Fsp3) is 0.533. The molecule has 0 aromatic heterocycles. The number of hydrogen-bond donors (Lipinski definition) is 2. The van der Waals surface area contributed by atoms with E-state index >= 15 is 0 Å². The van der Waals surface area contributed by atoms with Gasteiger partial charge in [0, 0.05) is 98.4 Å².